The van der Waals surface area contributed by atoms with E-state index in [1.807, 2.05) is 0 Å². The molecule has 1 heterocycles. The van der Waals surface area contributed by atoms with Gasteiger partial charge in [0.25, 0.3) is 0 Å². The summed E-state index contributed by atoms with van der Waals surface area (Å²) >= 11 is 0. The number of amides is 1. The number of aliphatic hydroxyl groups is 5. The third kappa shape index (κ3) is 38.5. The molecule has 1 aliphatic rings. The lowest BCUT2D eigenvalue weighted by molar-refractivity contribution is -0.302. The lowest BCUT2D eigenvalue weighted by Crippen LogP contribution is -2.60. The van der Waals surface area contributed by atoms with E-state index in [1.165, 1.54) is 244 Å². The summed E-state index contributed by atoms with van der Waals surface area (Å²) in [5, 5.41) is 54.6. The molecule has 1 fully saturated rings. The molecule has 9 nitrogen and oxygen atoms in total. The number of carbonyl (C=O) groups excluding carboxylic acids is 1. The van der Waals surface area contributed by atoms with E-state index in [9.17, 15) is 30.3 Å². The first-order valence-corrected chi connectivity index (χ1v) is 29.7. The molecule has 9 heteroatoms. The SMILES string of the molecule is CCCCCCCCCCCCCCCCCCCCCCCCCCCCCCCCCC(O)C(COC1OC(CO)C(O)C(O)C1O)NC(=O)CCCCCCCCCCCCCCC. The van der Waals surface area contributed by atoms with Crippen LogP contribution in [0.2, 0.25) is 0 Å². The summed E-state index contributed by atoms with van der Waals surface area (Å²) in [6.45, 7) is 3.87. The van der Waals surface area contributed by atoms with Crippen molar-refractivity contribution >= 4 is 5.91 Å². The second-order valence-electron chi connectivity index (χ2n) is 21.2. The van der Waals surface area contributed by atoms with Crippen molar-refractivity contribution in [2.75, 3.05) is 13.2 Å². The van der Waals surface area contributed by atoms with E-state index < -0.39 is 49.5 Å². The predicted molar refractivity (Wildman–Crippen MR) is 281 cm³/mol. The Morgan fingerprint density at radius 3 is 1.06 bits per heavy atom. The van der Waals surface area contributed by atoms with Crippen LogP contribution in [0.4, 0.5) is 0 Å². The summed E-state index contributed by atoms with van der Waals surface area (Å²) in [5.74, 6) is -0.139. The van der Waals surface area contributed by atoms with Gasteiger partial charge in [-0.05, 0) is 12.8 Å². The van der Waals surface area contributed by atoms with E-state index in [4.69, 9.17) is 9.47 Å². The highest BCUT2D eigenvalue weighted by Gasteiger charge is 2.44. The standard InChI is InChI=1S/C58H115NO8/c1-3-5-7-9-11-13-15-17-18-19-20-21-22-23-24-25-26-27-28-29-30-31-32-33-34-36-37-39-41-43-45-47-52(61)51(50-66-58-57(65)56(64)55(63)53(49-60)67-58)59-54(62)48-46-44-42-40-38-35-16-14-12-10-8-6-4-2/h51-53,55-58,60-61,63-65H,3-50H2,1-2H3,(H,59,62). The van der Waals surface area contributed by atoms with Crippen molar-refractivity contribution in [3.8, 4) is 0 Å². The molecule has 0 bridgehead atoms. The minimum Gasteiger partial charge on any atom is -0.394 e. The van der Waals surface area contributed by atoms with Crippen molar-refractivity contribution in [2.24, 2.45) is 0 Å². The molecule has 0 saturated carbocycles. The molecule has 0 aromatic heterocycles. The van der Waals surface area contributed by atoms with Gasteiger partial charge in [-0.25, -0.2) is 0 Å². The van der Waals surface area contributed by atoms with Crippen LogP contribution in [0.15, 0.2) is 0 Å². The molecule has 0 aromatic carbocycles. The maximum absolute atomic E-state index is 13.0. The van der Waals surface area contributed by atoms with Crippen LogP contribution in [0.5, 0.6) is 0 Å². The molecule has 1 amide bonds. The third-order valence-electron chi connectivity index (χ3n) is 14.7. The Hall–Kier alpha value is -0.810. The van der Waals surface area contributed by atoms with E-state index in [1.54, 1.807) is 0 Å². The molecule has 1 saturated heterocycles. The van der Waals surface area contributed by atoms with Gasteiger partial charge in [0.15, 0.2) is 6.29 Å². The van der Waals surface area contributed by atoms with Crippen molar-refractivity contribution < 1.29 is 39.8 Å². The normalized spacial score (nSPS) is 19.5. The lowest BCUT2D eigenvalue weighted by atomic mass is 9.99. The maximum Gasteiger partial charge on any atom is 0.220 e. The van der Waals surface area contributed by atoms with Gasteiger partial charge in [0, 0.05) is 6.42 Å². The third-order valence-corrected chi connectivity index (χ3v) is 14.7. The lowest BCUT2D eigenvalue weighted by Gasteiger charge is -2.40. The van der Waals surface area contributed by atoms with Gasteiger partial charge >= 0.3 is 0 Å². The van der Waals surface area contributed by atoms with Crippen LogP contribution in [-0.2, 0) is 14.3 Å². The number of hydrogen-bond acceptors (Lipinski definition) is 8. The summed E-state index contributed by atoms with van der Waals surface area (Å²) in [6.07, 6.45) is 51.5. The van der Waals surface area contributed by atoms with Crippen molar-refractivity contribution in [1.29, 1.82) is 0 Å². The number of aliphatic hydroxyl groups excluding tert-OH is 5. The Balaban J connectivity index is 2.10. The molecular weight excluding hydrogens is 839 g/mol. The molecule has 0 radical (unpaired) electrons. The molecule has 0 aromatic rings. The Labute approximate surface area is 414 Å². The second kappa shape index (κ2) is 48.8. The summed E-state index contributed by atoms with van der Waals surface area (Å²) in [5.41, 5.74) is 0. The topological polar surface area (TPSA) is 149 Å². The highest BCUT2D eigenvalue weighted by atomic mass is 16.7. The number of ether oxygens (including phenoxy) is 2. The molecule has 0 aliphatic carbocycles. The highest BCUT2D eigenvalue weighted by molar-refractivity contribution is 5.76. The van der Waals surface area contributed by atoms with Crippen LogP contribution < -0.4 is 5.32 Å². The second-order valence-corrected chi connectivity index (χ2v) is 21.2. The first kappa shape index (κ1) is 64.2. The fraction of sp³-hybridized carbons (Fsp3) is 0.983. The first-order chi connectivity index (χ1) is 32.8. The zero-order valence-electron chi connectivity index (χ0n) is 44.4. The molecule has 7 atom stereocenters. The fourth-order valence-electron chi connectivity index (χ4n) is 9.99. The minimum atomic E-state index is -1.55. The molecule has 400 valence electrons. The summed E-state index contributed by atoms with van der Waals surface area (Å²) in [7, 11) is 0. The summed E-state index contributed by atoms with van der Waals surface area (Å²) in [6, 6.07) is -0.713. The molecule has 1 aliphatic heterocycles. The number of unbranched alkanes of at least 4 members (excludes halogenated alkanes) is 42. The van der Waals surface area contributed by atoms with Gasteiger partial charge in [0.1, 0.15) is 24.4 Å². The van der Waals surface area contributed by atoms with Crippen molar-refractivity contribution in [3.63, 3.8) is 0 Å². The van der Waals surface area contributed by atoms with E-state index in [0.717, 1.165) is 38.5 Å². The van der Waals surface area contributed by atoms with Crippen LogP contribution >= 0.6 is 0 Å². The van der Waals surface area contributed by atoms with Crippen molar-refractivity contribution in [2.45, 2.75) is 352 Å². The van der Waals surface area contributed by atoms with E-state index in [-0.39, 0.29) is 12.5 Å². The van der Waals surface area contributed by atoms with Gasteiger partial charge in [0.2, 0.25) is 5.91 Å². The molecule has 67 heavy (non-hydrogen) atoms. The van der Waals surface area contributed by atoms with Gasteiger partial charge in [-0.3, -0.25) is 4.79 Å². The van der Waals surface area contributed by atoms with E-state index in [2.05, 4.69) is 19.2 Å². The predicted octanol–water partition coefficient (Wildman–Crippen LogP) is 14.6. The van der Waals surface area contributed by atoms with Crippen LogP contribution in [0.25, 0.3) is 0 Å². The molecular formula is C58H115NO8. The molecule has 0 spiro atoms. The Morgan fingerprint density at radius 2 is 0.746 bits per heavy atom. The van der Waals surface area contributed by atoms with Crippen LogP contribution in [-0.4, -0.2) is 87.5 Å². The number of carbonyl (C=O) groups is 1. The van der Waals surface area contributed by atoms with Gasteiger partial charge in [-0.2, -0.15) is 0 Å². The van der Waals surface area contributed by atoms with Gasteiger partial charge < -0.3 is 40.3 Å². The van der Waals surface area contributed by atoms with Gasteiger partial charge in [-0.1, -0.05) is 290 Å². The Kier molecular flexibility index (Phi) is 46.8. The first-order valence-electron chi connectivity index (χ1n) is 29.7. The molecule has 1 rings (SSSR count). The van der Waals surface area contributed by atoms with Gasteiger partial charge in [-0.15, -0.1) is 0 Å². The van der Waals surface area contributed by atoms with Crippen LogP contribution in [0.1, 0.15) is 309 Å². The fourth-order valence-corrected chi connectivity index (χ4v) is 9.99. The molecule has 6 N–H and O–H groups in total. The van der Waals surface area contributed by atoms with Crippen LogP contribution in [0.3, 0.4) is 0 Å². The zero-order valence-corrected chi connectivity index (χ0v) is 44.4. The van der Waals surface area contributed by atoms with E-state index >= 15 is 0 Å². The van der Waals surface area contributed by atoms with E-state index in [0.29, 0.717) is 12.8 Å². The Morgan fingerprint density at radius 1 is 0.448 bits per heavy atom. The largest absolute Gasteiger partial charge is 0.394 e. The summed E-state index contributed by atoms with van der Waals surface area (Å²) < 4.78 is 11.3. The quantitative estimate of drug-likeness (QED) is 0.0330. The minimum absolute atomic E-state index is 0.131. The number of nitrogens with one attached hydrogen (secondary N) is 1. The average Bonchev–Trinajstić information content (AvgIpc) is 3.33. The number of rotatable bonds is 52. The van der Waals surface area contributed by atoms with Gasteiger partial charge in [0.05, 0.1) is 25.4 Å². The highest BCUT2D eigenvalue weighted by Crippen LogP contribution is 2.23. The average molecular weight is 955 g/mol. The summed E-state index contributed by atoms with van der Waals surface area (Å²) in [4.78, 5) is 13.0. The maximum atomic E-state index is 13.0. The zero-order chi connectivity index (χ0) is 48.7. The van der Waals surface area contributed by atoms with Crippen molar-refractivity contribution in [3.05, 3.63) is 0 Å². The Bertz CT molecular complexity index is 1020. The van der Waals surface area contributed by atoms with Crippen LogP contribution in [0, 0.1) is 0 Å². The monoisotopic (exact) mass is 954 g/mol. The smallest absolute Gasteiger partial charge is 0.220 e. The number of hydrogen-bond donors (Lipinski definition) is 6. The van der Waals surface area contributed by atoms with Crippen molar-refractivity contribution in [1.82, 2.24) is 5.32 Å². The molecule has 7 unspecified atom stereocenters.